The number of likely N-dealkylation sites (tertiary alicyclic amines) is 1. The van der Waals surface area contributed by atoms with Crippen molar-refractivity contribution in [2.75, 3.05) is 11.9 Å². The second-order valence-corrected chi connectivity index (χ2v) is 8.89. The number of piperidine rings is 1. The minimum atomic E-state index is -4.58. The molecule has 0 aliphatic carbocycles. The van der Waals surface area contributed by atoms with Gasteiger partial charge in [0.25, 0.3) is 5.91 Å². The summed E-state index contributed by atoms with van der Waals surface area (Å²) >= 11 is 0. The number of alkyl halides is 3. The maximum Gasteiger partial charge on any atom is 0.434 e. The molecule has 0 bridgehead atoms. The van der Waals surface area contributed by atoms with Crippen molar-refractivity contribution < 1.29 is 22.4 Å². The maximum absolute atomic E-state index is 15.1. The van der Waals surface area contributed by atoms with Gasteiger partial charge in [0.1, 0.15) is 11.6 Å². The summed E-state index contributed by atoms with van der Waals surface area (Å²) in [6.07, 6.45) is 2.20. The van der Waals surface area contributed by atoms with Gasteiger partial charge in [0, 0.05) is 30.5 Å². The first-order chi connectivity index (χ1) is 17.2. The number of carbonyl (C=O) groups excluding carboxylic acids is 1. The third-order valence-corrected chi connectivity index (χ3v) is 6.34. The Morgan fingerprint density at radius 2 is 1.86 bits per heavy atom. The number of hydrogen-bond donors (Lipinski definition) is 1. The summed E-state index contributed by atoms with van der Waals surface area (Å²) in [6.45, 7) is 4.33. The lowest BCUT2D eigenvalue weighted by Crippen LogP contribution is -2.54. The van der Waals surface area contributed by atoms with Gasteiger partial charge in [-0.3, -0.25) is 4.79 Å². The van der Waals surface area contributed by atoms with Gasteiger partial charge in [0.15, 0.2) is 11.5 Å². The van der Waals surface area contributed by atoms with Gasteiger partial charge in [-0.15, -0.1) is 0 Å². The van der Waals surface area contributed by atoms with E-state index in [0.29, 0.717) is 31.1 Å². The van der Waals surface area contributed by atoms with Crippen molar-refractivity contribution in [3.05, 3.63) is 66.1 Å². The largest absolute Gasteiger partial charge is 0.434 e. The average Bonchev–Trinajstić information content (AvgIpc) is 2.87. The van der Waals surface area contributed by atoms with Crippen LogP contribution in [0.25, 0.3) is 11.4 Å². The molecule has 2 aromatic heterocycles. The molecule has 1 aliphatic rings. The molecule has 7 nitrogen and oxygen atoms in total. The molecule has 0 radical (unpaired) electrons. The quantitative estimate of drug-likeness (QED) is 0.465. The molecule has 3 atom stereocenters. The summed E-state index contributed by atoms with van der Waals surface area (Å²) in [4.78, 5) is 31.2. The Balaban J connectivity index is 1.64. The molecule has 3 unspecified atom stereocenters. The third kappa shape index (κ3) is 5.44. The standard InChI is InChI=1S/C25H26F4N6O/c1-3-18(34-21-13-32-20(12-33-21)25(27,28)29)19-9-8-15(2)14-35(19)24(36)22-16(6-4-7-17(22)26)23-30-10-5-11-31-23/h4-7,10-13,15,18-19H,3,8-9,14H2,1-2H3,(H,33,34). The van der Waals surface area contributed by atoms with Gasteiger partial charge in [0.05, 0.1) is 24.0 Å². The van der Waals surface area contributed by atoms with E-state index in [1.165, 1.54) is 24.5 Å². The SMILES string of the molecule is CCC(Nc1cnc(C(F)(F)F)cn1)C1CCC(C)CN1C(=O)c1c(F)cccc1-c1ncccn1. The summed E-state index contributed by atoms with van der Waals surface area (Å²) in [6, 6.07) is 5.31. The van der Waals surface area contributed by atoms with E-state index in [4.69, 9.17) is 0 Å². The molecule has 190 valence electrons. The van der Waals surface area contributed by atoms with Crippen molar-refractivity contribution in [1.29, 1.82) is 0 Å². The van der Waals surface area contributed by atoms with Crippen molar-refractivity contribution in [3.63, 3.8) is 0 Å². The lowest BCUT2D eigenvalue weighted by molar-refractivity contribution is -0.141. The number of benzene rings is 1. The Morgan fingerprint density at radius 3 is 2.50 bits per heavy atom. The van der Waals surface area contributed by atoms with Crippen LogP contribution in [0.5, 0.6) is 0 Å². The smallest absolute Gasteiger partial charge is 0.364 e. The van der Waals surface area contributed by atoms with Gasteiger partial charge < -0.3 is 10.2 Å². The van der Waals surface area contributed by atoms with E-state index in [0.717, 1.165) is 12.6 Å². The van der Waals surface area contributed by atoms with Crippen LogP contribution < -0.4 is 5.32 Å². The van der Waals surface area contributed by atoms with Crippen molar-refractivity contribution in [2.45, 2.75) is 51.4 Å². The molecule has 1 aromatic carbocycles. The fourth-order valence-corrected chi connectivity index (χ4v) is 4.54. The van der Waals surface area contributed by atoms with E-state index in [2.05, 4.69) is 25.3 Å². The number of rotatable bonds is 6. The monoisotopic (exact) mass is 502 g/mol. The number of nitrogens with zero attached hydrogens (tertiary/aromatic N) is 5. The molecule has 11 heteroatoms. The number of amides is 1. The number of halogens is 4. The topological polar surface area (TPSA) is 83.9 Å². The van der Waals surface area contributed by atoms with Gasteiger partial charge in [-0.1, -0.05) is 26.0 Å². The van der Waals surface area contributed by atoms with Crippen LogP contribution in [0, 0.1) is 11.7 Å². The normalized spacial score (nSPS) is 19.1. The predicted molar refractivity (Wildman–Crippen MR) is 125 cm³/mol. The van der Waals surface area contributed by atoms with Crippen LogP contribution in [-0.2, 0) is 6.18 Å². The predicted octanol–water partition coefficient (Wildman–Crippen LogP) is 5.22. The van der Waals surface area contributed by atoms with Gasteiger partial charge in [-0.2, -0.15) is 13.2 Å². The molecule has 1 N–H and O–H groups in total. The molecule has 3 heterocycles. The Labute approximate surface area is 206 Å². The fraction of sp³-hybridized carbons (Fsp3) is 0.400. The molecule has 0 spiro atoms. The third-order valence-electron chi connectivity index (χ3n) is 6.34. The second kappa shape index (κ2) is 10.5. The van der Waals surface area contributed by atoms with Crippen molar-refractivity contribution in [2.24, 2.45) is 5.92 Å². The van der Waals surface area contributed by atoms with E-state index < -0.39 is 23.6 Å². The number of aromatic nitrogens is 4. The van der Waals surface area contributed by atoms with Crippen molar-refractivity contribution in [1.82, 2.24) is 24.8 Å². The molecule has 1 fully saturated rings. The van der Waals surface area contributed by atoms with Gasteiger partial charge >= 0.3 is 6.18 Å². The lowest BCUT2D eigenvalue weighted by atomic mass is 9.88. The molecule has 1 saturated heterocycles. The number of anilines is 1. The summed E-state index contributed by atoms with van der Waals surface area (Å²) in [5.41, 5.74) is -0.890. The van der Waals surface area contributed by atoms with Crippen LogP contribution >= 0.6 is 0 Å². The summed E-state index contributed by atoms with van der Waals surface area (Å²) < 4.78 is 53.7. The Bertz CT molecular complexity index is 1190. The fourth-order valence-electron chi connectivity index (χ4n) is 4.54. The number of hydrogen-bond acceptors (Lipinski definition) is 6. The van der Waals surface area contributed by atoms with Gasteiger partial charge in [-0.05, 0) is 37.3 Å². The zero-order valence-corrected chi connectivity index (χ0v) is 19.8. The van der Waals surface area contributed by atoms with E-state index in [1.807, 2.05) is 13.8 Å². The maximum atomic E-state index is 15.1. The molecular weight excluding hydrogens is 476 g/mol. The van der Waals surface area contributed by atoms with E-state index in [1.54, 1.807) is 17.0 Å². The summed E-state index contributed by atoms with van der Waals surface area (Å²) in [7, 11) is 0. The number of carbonyl (C=O) groups is 1. The van der Waals surface area contributed by atoms with Crippen LogP contribution in [0.15, 0.2) is 49.1 Å². The summed E-state index contributed by atoms with van der Waals surface area (Å²) in [5, 5.41) is 3.14. The van der Waals surface area contributed by atoms with E-state index in [-0.39, 0.29) is 35.2 Å². The molecule has 1 amide bonds. The Morgan fingerprint density at radius 1 is 1.11 bits per heavy atom. The second-order valence-electron chi connectivity index (χ2n) is 8.89. The Hall–Kier alpha value is -3.63. The van der Waals surface area contributed by atoms with E-state index >= 15 is 4.39 Å². The highest BCUT2D eigenvalue weighted by molar-refractivity contribution is 6.00. The van der Waals surface area contributed by atoms with Crippen LogP contribution in [0.1, 0.15) is 49.2 Å². The molecule has 0 saturated carbocycles. The first-order valence-electron chi connectivity index (χ1n) is 11.7. The zero-order chi connectivity index (χ0) is 25.9. The first kappa shape index (κ1) is 25.5. The first-order valence-corrected chi connectivity index (χ1v) is 11.7. The minimum absolute atomic E-state index is 0.105. The van der Waals surface area contributed by atoms with Crippen molar-refractivity contribution >= 4 is 11.7 Å². The highest BCUT2D eigenvalue weighted by Gasteiger charge is 2.37. The molecule has 4 rings (SSSR count). The van der Waals surface area contributed by atoms with Crippen LogP contribution in [0.4, 0.5) is 23.4 Å². The molecule has 1 aliphatic heterocycles. The summed E-state index contributed by atoms with van der Waals surface area (Å²) in [5.74, 6) is -0.545. The molecule has 3 aromatic rings. The van der Waals surface area contributed by atoms with Gasteiger partial charge in [0.2, 0.25) is 0 Å². The van der Waals surface area contributed by atoms with Crippen molar-refractivity contribution in [3.8, 4) is 11.4 Å². The minimum Gasteiger partial charge on any atom is -0.364 e. The van der Waals surface area contributed by atoms with Crippen LogP contribution in [-0.4, -0.2) is 49.4 Å². The van der Waals surface area contributed by atoms with E-state index in [9.17, 15) is 18.0 Å². The lowest BCUT2D eigenvalue weighted by Gasteiger charge is -2.43. The highest BCUT2D eigenvalue weighted by atomic mass is 19.4. The highest BCUT2D eigenvalue weighted by Crippen LogP contribution is 2.32. The van der Waals surface area contributed by atoms with Crippen LogP contribution in [0.3, 0.4) is 0 Å². The number of nitrogens with one attached hydrogen (secondary N) is 1. The zero-order valence-electron chi connectivity index (χ0n) is 19.8. The average molecular weight is 503 g/mol. The molecular formula is C25H26F4N6O. The Kier molecular flexibility index (Phi) is 7.46. The van der Waals surface area contributed by atoms with Gasteiger partial charge in [-0.25, -0.2) is 24.3 Å². The van der Waals surface area contributed by atoms with Crippen LogP contribution in [0.2, 0.25) is 0 Å². The molecule has 36 heavy (non-hydrogen) atoms.